The number of carboxylic acid groups (broad SMARTS) is 1. The fourth-order valence-corrected chi connectivity index (χ4v) is 2.36. The van der Waals surface area contributed by atoms with E-state index in [1.54, 1.807) is 49.4 Å². The number of carbonyl (C=O) groups excluding carboxylic acids is 2. The fourth-order valence-electron chi connectivity index (χ4n) is 2.36. The largest absolute Gasteiger partial charge is 0.542 e. The average molecular weight is 362 g/mol. The van der Waals surface area contributed by atoms with Crippen molar-refractivity contribution in [2.24, 2.45) is 5.10 Å². The van der Waals surface area contributed by atoms with E-state index in [9.17, 15) is 14.7 Å². The molecular weight excluding hydrogens is 346 g/mol. The molecule has 2 amide bonds. The zero-order chi connectivity index (χ0) is 19.2. The Hall–Kier alpha value is -3.87. The Morgan fingerprint density at radius 3 is 2.30 bits per heavy atom. The number of hydrazone groups is 1. The van der Waals surface area contributed by atoms with Crippen molar-refractivity contribution in [2.45, 2.75) is 6.92 Å². The summed E-state index contributed by atoms with van der Waals surface area (Å²) in [6, 6.07) is 18.7. The maximum absolute atomic E-state index is 11.8. The summed E-state index contributed by atoms with van der Waals surface area (Å²) in [6.07, 6.45) is 0. The molecule has 0 saturated heterocycles. The monoisotopic (exact) mass is 362 g/mol. The molecule has 0 bridgehead atoms. The van der Waals surface area contributed by atoms with Gasteiger partial charge in [-0.2, -0.15) is 5.10 Å². The number of nitrogens with one attached hydrogen (secondary N) is 2. The van der Waals surface area contributed by atoms with Gasteiger partial charge < -0.3 is 19.6 Å². The molecule has 3 aromatic rings. The van der Waals surface area contributed by atoms with Gasteiger partial charge in [-0.05, 0) is 36.8 Å². The molecule has 1 heterocycles. The lowest BCUT2D eigenvalue weighted by molar-refractivity contribution is -0.257. The lowest BCUT2D eigenvalue weighted by Crippen LogP contribution is -2.25. The summed E-state index contributed by atoms with van der Waals surface area (Å²) < 4.78 is 5.21. The Balaban J connectivity index is 1.64. The molecule has 136 valence electrons. The summed E-state index contributed by atoms with van der Waals surface area (Å²) >= 11 is 0. The van der Waals surface area contributed by atoms with E-state index in [1.165, 1.54) is 6.07 Å². The van der Waals surface area contributed by atoms with Gasteiger partial charge in [-0.3, -0.25) is 0 Å². The molecule has 1 aromatic heterocycles. The van der Waals surface area contributed by atoms with Crippen LogP contribution in [0, 0.1) is 0 Å². The van der Waals surface area contributed by atoms with Crippen LogP contribution in [0.3, 0.4) is 0 Å². The molecule has 3 rings (SSSR count). The van der Waals surface area contributed by atoms with Crippen molar-refractivity contribution in [2.75, 3.05) is 5.32 Å². The van der Waals surface area contributed by atoms with Gasteiger partial charge in [0, 0.05) is 11.3 Å². The molecule has 0 atom stereocenters. The Morgan fingerprint density at radius 2 is 1.67 bits per heavy atom. The minimum Gasteiger partial charge on any atom is -0.542 e. The van der Waals surface area contributed by atoms with Crippen LogP contribution in [-0.4, -0.2) is 17.7 Å². The van der Waals surface area contributed by atoms with Gasteiger partial charge in [0.25, 0.3) is 0 Å². The number of urea groups is 1. The van der Waals surface area contributed by atoms with Gasteiger partial charge in [-0.1, -0.05) is 42.5 Å². The van der Waals surface area contributed by atoms with Crippen LogP contribution >= 0.6 is 0 Å². The summed E-state index contributed by atoms with van der Waals surface area (Å²) in [5, 5.41) is 17.5. The average Bonchev–Trinajstić information content (AvgIpc) is 3.18. The van der Waals surface area contributed by atoms with Crippen LogP contribution in [0.25, 0.3) is 11.3 Å². The third-order valence-electron chi connectivity index (χ3n) is 3.75. The van der Waals surface area contributed by atoms with Crippen LogP contribution in [0.2, 0.25) is 0 Å². The lowest BCUT2D eigenvalue weighted by atomic mass is 10.1. The zero-order valence-corrected chi connectivity index (χ0v) is 14.4. The molecule has 7 heteroatoms. The maximum Gasteiger partial charge on any atom is 0.339 e. The first-order valence-corrected chi connectivity index (χ1v) is 8.11. The molecule has 0 fully saturated rings. The molecule has 27 heavy (non-hydrogen) atoms. The first-order chi connectivity index (χ1) is 13.0. The van der Waals surface area contributed by atoms with Gasteiger partial charge in [-0.25, -0.2) is 10.2 Å². The number of anilines is 1. The minimum absolute atomic E-state index is 0.222. The molecule has 0 saturated carbocycles. The first-order valence-electron chi connectivity index (χ1n) is 8.11. The third-order valence-corrected chi connectivity index (χ3v) is 3.75. The lowest BCUT2D eigenvalue weighted by Gasteiger charge is -2.06. The number of benzene rings is 2. The van der Waals surface area contributed by atoms with E-state index in [2.05, 4.69) is 15.8 Å². The number of amides is 2. The van der Waals surface area contributed by atoms with E-state index in [4.69, 9.17) is 4.42 Å². The topological polar surface area (TPSA) is 107 Å². The van der Waals surface area contributed by atoms with Gasteiger partial charge in [-0.15, -0.1) is 0 Å². The molecule has 0 spiro atoms. The van der Waals surface area contributed by atoms with E-state index < -0.39 is 12.0 Å². The highest BCUT2D eigenvalue weighted by molar-refractivity contribution is 6.00. The van der Waals surface area contributed by atoms with Crippen LogP contribution in [-0.2, 0) is 0 Å². The number of para-hydroxylation sites is 1. The van der Waals surface area contributed by atoms with Crippen LogP contribution in [0.4, 0.5) is 10.5 Å². The number of furan rings is 1. The molecular formula is C20H16N3O4-. The van der Waals surface area contributed by atoms with Crippen molar-refractivity contribution in [1.29, 1.82) is 0 Å². The van der Waals surface area contributed by atoms with E-state index >= 15 is 0 Å². The standard InChI is InChI=1S/C20H17N3O4/c1-13(22-23-20(26)21-16-5-3-2-4-6-16)14-7-9-15(10-8-14)17-11-12-18(27-17)19(24)25/h2-12H,1H3,(H,24,25)(H2,21,23,26)/p-1/b22-13-. The quantitative estimate of drug-likeness (QED) is 0.537. The van der Waals surface area contributed by atoms with Crippen molar-refractivity contribution in [3.8, 4) is 11.3 Å². The highest BCUT2D eigenvalue weighted by Gasteiger charge is 2.07. The molecule has 0 aliphatic rings. The van der Waals surface area contributed by atoms with Crippen molar-refractivity contribution < 1.29 is 19.1 Å². The summed E-state index contributed by atoms with van der Waals surface area (Å²) in [7, 11) is 0. The van der Waals surface area contributed by atoms with E-state index in [1.807, 2.05) is 18.2 Å². The fraction of sp³-hybridized carbons (Fsp3) is 0.0500. The van der Waals surface area contributed by atoms with Crippen LogP contribution in [0.1, 0.15) is 23.0 Å². The van der Waals surface area contributed by atoms with Gasteiger partial charge in [0.1, 0.15) is 17.5 Å². The van der Waals surface area contributed by atoms with Crippen molar-refractivity contribution >= 4 is 23.4 Å². The van der Waals surface area contributed by atoms with E-state index in [0.29, 0.717) is 22.7 Å². The van der Waals surface area contributed by atoms with Crippen LogP contribution in [0.5, 0.6) is 0 Å². The predicted molar refractivity (Wildman–Crippen MR) is 99.3 cm³/mol. The van der Waals surface area contributed by atoms with Crippen molar-refractivity contribution in [1.82, 2.24) is 5.43 Å². The number of hydrogen-bond acceptors (Lipinski definition) is 5. The number of rotatable bonds is 5. The third kappa shape index (κ3) is 4.60. The second-order valence-corrected chi connectivity index (χ2v) is 5.66. The smallest absolute Gasteiger partial charge is 0.339 e. The molecule has 7 nitrogen and oxygen atoms in total. The zero-order valence-electron chi connectivity index (χ0n) is 14.4. The van der Waals surface area contributed by atoms with Crippen molar-refractivity contribution in [3.05, 3.63) is 78.1 Å². The number of carbonyl (C=O) groups is 2. The van der Waals surface area contributed by atoms with Gasteiger partial charge >= 0.3 is 6.03 Å². The van der Waals surface area contributed by atoms with E-state index in [-0.39, 0.29) is 5.76 Å². The van der Waals surface area contributed by atoms with Gasteiger partial charge in [0.15, 0.2) is 0 Å². The number of hydrogen-bond donors (Lipinski definition) is 2. The number of carboxylic acids is 1. The summed E-state index contributed by atoms with van der Waals surface area (Å²) in [5.41, 5.74) is 5.23. The first kappa shape index (κ1) is 17.9. The SMILES string of the molecule is C/C(=N/NC(=O)Nc1ccccc1)c1ccc(-c2ccc(C(=O)[O-])o2)cc1. The highest BCUT2D eigenvalue weighted by Crippen LogP contribution is 2.22. The minimum atomic E-state index is -1.36. The molecule has 0 radical (unpaired) electrons. The molecule has 2 N–H and O–H groups in total. The second kappa shape index (κ2) is 8.01. The van der Waals surface area contributed by atoms with Gasteiger partial charge in [0.2, 0.25) is 0 Å². The maximum atomic E-state index is 11.8. The molecule has 0 aliphatic heterocycles. The molecule has 0 aliphatic carbocycles. The molecule has 0 unspecified atom stereocenters. The Kier molecular flexibility index (Phi) is 5.32. The number of aromatic carboxylic acids is 1. The summed E-state index contributed by atoms with van der Waals surface area (Å²) in [4.78, 5) is 22.6. The van der Waals surface area contributed by atoms with E-state index in [0.717, 1.165) is 5.56 Å². The Morgan fingerprint density at radius 1 is 0.963 bits per heavy atom. The second-order valence-electron chi connectivity index (χ2n) is 5.66. The van der Waals surface area contributed by atoms with Crippen LogP contribution in [0.15, 0.2) is 76.2 Å². The summed E-state index contributed by atoms with van der Waals surface area (Å²) in [5.74, 6) is -1.16. The normalized spacial score (nSPS) is 11.1. The molecule has 2 aromatic carbocycles. The van der Waals surface area contributed by atoms with Crippen LogP contribution < -0.4 is 15.8 Å². The van der Waals surface area contributed by atoms with Crippen molar-refractivity contribution in [3.63, 3.8) is 0 Å². The van der Waals surface area contributed by atoms with Gasteiger partial charge in [0.05, 0.1) is 5.71 Å². The Labute approximate surface area is 155 Å². The summed E-state index contributed by atoms with van der Waals surface area (Å²) in [6.45, 7) is 1.76. The Bertz CT molecular complexity index is 976. The highest BCUT2D eigenvalue weighted by atomic mass is 16.4. The number of nitrogens with zero attached hydrogens (tertiary/aromatic N) is 1. The predicted octanol–water partition coefficient (Wildman–Crippen LogP) is 2.86.